The van der Waals surface area contributed by atoms with Crippen molar-refractivity contribution in [3.63, 3.8) is 0 Å². The summed E-state index contributed by atoms with van der Waals surface area (Å²) < 4.78 is 88.6. The maximum absolute atomic E-state index is 12.7. The number of hydrogen-bond acceptors (Lipinski definition) is 4. The van der Waals surface area contributed by atoms with E-state index >= 15 is 0 Å². The molecule has 0 aliphatic carbocycles. The lowest BCUT2D eigenvalue weighted by Crippen LogP contribution is -2.71. The van der Waals surface area contributed by atoms with Gasteiger partial charge < -0.3 is 15.2 Å². The maximum Gasteiger partial charge on any atom is 0.455 e. The third-order valence-electron chi connectivity index (χ3n) is 3.45. The molecule has 2 atom stereocenters. The fourth-order valence-corrected chi connectivity index (χ4v) is 2.19. The van der Waals surface area contributed by atoms with Crippen molar-refractivity contribution < 1.29 is 50.6 Å². The highest BCUT2D eigenvalue weighted by atomic mass is 31.2. The number of hydrogen-bond donors (Lipinski definition) is 1. The molecule has 0 amide bonds. The van der Waals surface area contributed by atoms with Crippen LogP contribution in [0.3, 0.4) is 0 Å². The molecule has 2 unspecified atom stereocenters. The summed E-state index contributed by atoms with van der Waals surface area (Å²) in [5, 5.41) is 0. The van der Waals surface area contributed by atoms with Crippen molar-refractivity contribution in [1.29, 1.82) is 0 Å². The van der Waals surface area contributed by atoms with E-state index in [9.17, 15) is 35.8 Å². The summed E-state index contributed by atoms with van der Waals surface area (Å²) in [6.45, 7) is 6.97. The lowest BCUT2D eigenvalue weighted by molar-refractivity contribution is -0.480. The summed E-state index contributed by atoms with van der Waals surface area (Å²) in [6.07, 6.45) is -7.31. The fraction of sp³-hybridized carbons (Fsp3) is 1.00. The number of rotatable bonds is 8. The maximum atomic E-state index is 12.7. The molecule has 0 aromatic heterocycles. The van der Waals surface area contributed by atoms with Crippen LogP contribution in [0.15, 0.2) is 0 Å². The Kier molecular flexibility index (Phi) is 10.7. The molecule has 0 heterocycles. The van der Waals surface area contributed by atoms with Gasteiger partial charge in [0, 0.05) is 0 Å². The van der Waals surface area contributed by atoms with E-state index in [0.717, 1.165) is 6.92 Å². The van der Waals surface area contributed by atoms with Crippen LogP contribution in [0.2, 0.25) is 0 Å². The van der Waals surface area contributed by atoms with Crippen LogP contribution < -0.4 is 10.6 Å². The van der Waals surface area contributed by atoms with Gasteiger partial charge in [-0.15, -0.1) is 0 Å². The van der Waals surface area contributed by atoms with Gasteiger partial charge in [0.15, 0.2) is 0 Å². The van der Waals surface area contributed by atoms with Crippen LogP contribution in [-0.2, 0) is 13.6 Å². The van der Waals surface area contributed by atoms with Crippen molar-refractivity contribution in [3.8, 4) is 0 Å². The van der Waals surface area contributed by atoms with Crippen LogP contribution in [0.5, 0.6) is 0 Å². The zero-order valence-electron chi connectivity index (χ0n) is 14.0. The predicted molar refractivity (Wildman–Crippen MR) is 72.7 cm³/mol. The van der Waals surface area contributed by atoms with Crippen molar-refractivity contribution in [2.45, 2.75) is 71.0 Å². The summed E-state index contributed by atoms with van der Waals surface area (Å²) in [7, 11) is -5.79. The Morgan fingerprint density at radius 1 is 1.04 bits per heavy atom. The Balaban J connectivity index is 0. The molecule has 0 saturated carbocycles. The topological polar surface area (TPSA) is 86.2 Å². The van der Waals surface area contributed by atoms with Gasteiger partial charge >= 0.3 is 18.5 Å². The summed E-state index contributed by atoms with van der Waals surface area (Å²) in [5.41, 5.74) is 4.50. The van der Waals surface area contributed by atoms with Crippen LogP contribution in [-0.4, -0.2) is 30.6 Å². The standard InChI is InChI=1S/C7H17N.C5H7F6O4P/c1-4-7(8,5-2)6-3;1-2-14-16(12,13)15-4(8,3(6)7)5(9,10)11/h4-6,8H2,1-3H3;3H,2H2,1H3,(H,12,13). The van der Waals surface area contributed by atoms with Gasteiger partial charge in [-0.1, -0.05) is 20.8 Å². The normalized spacial score (nSPS) is 17.7. The van der Waals surface area contributed by atoms with E-state index < -0.39 is 32.9 Å². The third-order valence-corrected chi connectivity index (χ3v) is 4.51. The lowest BCUT2D eigenvalue weighted by atomic mass is 9.92. The average molecular weight is 391 g/mol. The summed E-state index contributed by atoms with van der Waals surface area (Å²) in [4.78, 5) is 10.5. The minimum Gasteiger partial charge on any atom is -0.756 e. The van der Waals surface area contributed by atoms with E-state index in [1.165, 1.54) is 19.3 Å². The van der Waals surface area contributed by atoms with Crippen molar-refractivity contribution >= 4 is 7.82 Å². The van der Waals surface area contributed by atoms with Crippen LogP contribution in [0, 0.1) is 0 Å². The second-order valence-electron chi connectivity index (χ2n) is 4.96. The van der Waals surface area contributed by atoms with Gasteiger partial charge in [-0.2, -0.15) is 17.6 Å². The van der Waals surface area contributed by atoms with Crippen molar-refractivity contribution in [2.24, 2.45) is 0 Å². The quantitative estimate of drug-likeness (QED) is 0.509. The minimum absolute atomic E-state index is 0.375. The molecule has 148 valence electrons. The van der Waals surface area contributed by atoms with Crippen molar-refractivity contribution in [1.82, 2.24) is 0 Å². The number of halogens is 6. The van der Waals surface area contributed by atoms with Gasteiger partial charge in [0.25, 0.3) is 7.82 Å². The molecule has 0 fully saturated rings. The second kappa shape index (κ2) is 9.96. The first-order valence-electron chi connectivity index (χ1n) is 7.20. The zero-order chi connectivity index (χ0) is 19.8. The molecule has 24 heavy (non-hydrogen) atoms. The Morgan fingerprint density at radius 3 is 1.58 bits per heavy atom. The SMILES string of the molecule is CCC([NH3+])(CC)CC.CCOP(=O)([O-])OC(F)(C(F)F)C(F)(F)F. The van der Waals surface area contributed by atoms with Gasteiger partial charge in [-0.25, -0.2) is 8.78 Å². The first-order chi connectivity index (χ1) is 10.6. The smallest absolute Gasteiger partial charge is 0.455 e. The van der Waals surface area contributed by atoms with E-state index in [4.69, 9.17) is 0 Å². The number of phosphoric acid groups is 1. The van der Waals surface area contributed by atoms with Crippen LogP contribution >= 0.6 is 7.82 Å². The Hall–Kier alpha value is -0.350. The molecule has 0 aromatic rings. The summed E-state index contributed by atoms with van der Waals surface area (Å²) in [6, 6.07) is 0. The zero-order valence-corrected chi connectivity index (χ0v) is 14.9. The Bertz CT molecular complexity index is 397. The fourth-order valence-electron chi connectivity index (χ4n) is 1.31. The molecule has 0 bridgehead atoms. The second-order valence-corrected chi connectivity index (χ2v) is 6.30. The highest BCUT2D eigenvalue weighted by molar-refractivity contribution is 7.45. The molecule has 0 saturated heterocycles. The molecule has 0 aromatic carbocycles. The molecule has 5 nitrogen and oxygen atoms in total. The molecule has 0 spiro atoms. The van der Waals surface area contributed by atoms with E-state index in [1.807, 2.05) is 0 Å². The highest BCUT2D eigenvalue weighted by Crippen LogP contribution is 2.51. The van der Waals surface area contributed by atoms with E-state index in [-0.39, 0.29) is 0 Å². The molecule has 0 aliphatic heterocycles. The van der Waals surface area contributed by atoms with E-state index in [0.29, 0.717) is 5.54 Å². The lowest BCUT2D eigenvalue weighted by Gasteiger charge is -2.32. The van der Waals surface area contributed by atoms with E-state index in [1.54, 1.807) is 0 Å². The van der Waals surface area contributed by atoms with Crippen LogP contribution in [0.4, 0.5) is 26.3 Å². The summed E-state index contributed by atoms with van der Waals surface area (Å²) in [5.74, 6) is -5.61. The van der Waals surface area contributed by atoms with Gasteiger partial charge in [0.05, 0.1) is 12.1 Å². The molecular weight excluding hydrogens is 367 g/mol. The number of alkyl halides is 6. The molecular formula is C12H24F6NO4P. The van der Waals surface area contributed by atoms with Gasteiger partial charge in [-0.05, 0) is 26.2 Å². The Morgan fingerprint density at radius 2 is 1.42 bits per heavy atom. The first kappa shape index (κ1) is 25.9. The molecule has 0 rings (SSSR count). The highest BCUT2D eigenvalue weighted by Gasteiger charge is 2.66. The monoisotopic (exact) mass is 391 g/mol. The first-order valence-corrected chi connectivity index (χ1v) is 8.66. The Labute approximate surface area is 137 Å². The number of phosphoric ester groups is 1. The van der Waals surface area contributed by atoms with Crippen molar-refractivity contribution in [3.05, 3.63) is 0 Å². The van der Waals surface area contributed by atoms with Gasteiger partial charge in [-0.3, -0.25) is 9.09 Å². The molecule has 12 heteroatoms. The van der Waals surface area contributed by atoms with Gasteiger partial charge in [0.1, 0.15) is 0 Å². The van der Waals surface area contributed by atoms with Crippen molar-refractivity contribution in [2.75, 3.05) is 6.61 Å². The molecule has 0 aliphatic rings. The van der Waals surface area contributed by atoms with Gasteiger partial charge in [0.2, 0.25) is 0 Å². The average Bonchev–Trinajstić information content (AvgIpc) is 2.45. The third kappa shape index (κ3) is 8.15. The minimum atomic E-state index is -6.21. The summed E-state index contributed by atoms with van der Waals surface area (Å²) >= 11 is 0. The van der Waals surface area contributed by atoms with Crippen LogP contribution in [0.25, 0.3) is 0 Å². The largest absolute Gasteiger partial charge is 0.756 e. The number of quaternary nitrogens is 1. The predicted octanol–water partition coefficient (Wildman–Crippen LogP) is 3.20. The molecule has 0 radical (unpaired) electrons. The van der Waals surface area contributed by atoms with Crippen LogP contribution in [0.1, 0.15) is 47.0 Å². The van der Waals surface area contributed by atoms with E-state index in [2.05, 4.69) is 35.6 Å². The molecule has 3 N–H and O–H groups in total.